The van der Waals surface area contributed by atoms with Crippen LogP contribution in [-0.2, 0) is 4.79 Å². The highest BCUT2D eigenvalue weighted by molar-refractivity contribution is 7.80. The number of thiocarbonyl (C=S) groups is 1. The maximum Gasteiger partial charge on any atom is 0.250 e. The number of nitrogens with one attached hydrogen (secondary N) is 2. The third-order valence-corrected chi connectivity index (χ3v) is 5.07. The average Bonchev–Trinajstić information content (AvgIpc) is 3.18. The van der Waals surface area contributed by atoms with Gasteiger partial charge in [-0.25, -0.2) is 4.98 Å². The zero-order valence-corrected chi connectivity index (χ0v) is 18.0. The number of nitrogens with zero attached hydrogens (tertiary/aromatic N) is 1. The van der Waals surface area contributed by atoms with E-state index in [4.69, 9.17) is 16.6 Å². The molecule has 1 heterocycles. The first-order valence-corrected chi connectivity index (χ1v) is 10.2. The summed E-state index contributed by atoms with van der Waals surface area (Å²) >= 11 is 5.25. The lowest BCUT2D eigenvalue weighted by molar-refractivity contribution is -0.115. The Bertz CT molecular complexity index is 1290. The Morgan fingerprint density at radius 3 is 2.58 bits per heavy atom. The molecule has 1 amide bonds. The van der Waals surface area contributed by atoms with Crippen LogP contribution in [0.2, 0.25) is 0 Å². The van der Waals surface area contributed by atoms with Gasteiger partial charge in [-0.2, -0.15) is 0 Å². The molecule has 0 aliphatic heterocycles. The highest BCUT2D eigenvalue weighted by Crippen LogP contribution is 2.27. The summed E-state index contributed by atoms with van der Waals surface area (Å²) < 4.78 is 5.90. The first-order valence-electron chi connectivity index (χ1n) is 9.81. The van der Waals surface area contributed by atoms with E-state index in [2.05, 4.69) is 41.6 Å². The fourth-order valence-electron chi connectivity index (χ4n) is 3.06. The van der Waals surface area contributed by atoms with Gasteiger partial charge in [-0.15, -0.1) is 0 Å². The number of hydrogen-bond donors (Lipinski definition) is 2. The molecular weight excluding hydrogens is 406 g/mol. The topological polar surface area (TPSA) is 67.2 Å². The number of amides is 1. The number of aromatic nitrogens is 1. The number of benzene rings is 3. The SMILES string of the molecule is Cc1ccc(-c2nc3cc(NC(=S)NC(=O)C=Cc4ccccc4)ccc3o2)cc1C. The molecular formula is C25H21N3O2S. The zero-order valence-electron chi connectivity index (χ0n) is 17.2. The van der Waals surface area contributed by atoms with Gasteiger partial charge in [0, 0.05) is 17.3 Å². The maximum absolute atomic E-state index is 12.1. The monoisotopic (exact) mass is 427 g/mol. The molecule has 4 aromatic rings. The van der Waals surface area contributed by atoms with Crippen LogP contribution in [0.1, 0.15) is 16.7 Å². The number of carbonyl (C=O) groups excluding carboxylic acids is 1. The van der Waals surface area contributed by atoms with Gasteiger partial charge in [0.15, 0.2) is 10.7 Å². The Kier molecular flexibility index (Phi) is 5.91. The van der Waals surface area contributed by atoms with Crippen LogP contribution < -0.4 is 10.6 Å². The summed E-state index contributed by atoms with van der Waals surface area (Å²) in [4.78, 5) is 16.7. The second-order valence-corrected chi connectivity index (χ2v) is 7.60. The molecule has 6 heteroatoms. The van der Waals surface area contributed by atoms with Gasteiger partial charge in [0.2, 0.25) is 11.8 Å². The lowest BCUT2D eigenvalue weighted by Crippen LogP contribution is -2.32. The molecule has 0 aliphatic carbocycles. The van der Waals surface area contributed by atoms with Crippen molar-refractivity contribution in [2.45, 2.75) is 13.8 Å². The minimum Gasteiger partial charge on any atom is -0.436 e. The van der Waals surface area contributed by atoms with E-state index in [9.17, 15) is 4.79 Å². The standard InChI is InChI=1S/C25H21N3O2S/c1-16-8-10-19(14-17(16)2)24-27-21-15-20(11-12-22(21)30-24)26-25(31)28-23(29)13-9-18-6-4-3-5-7-18/h3-15H,1-2H3,(H2,26,28,29,31). The minimum atomic E-state index is -0.305. The van der Waals surface area contributed by atoms with E-state index in [0.29, 0.717) is 22.7 Å². The van der Waals surface area contributed by atoms with Crippen molar-refractivity contribution in [2.24, 2.45) is 0 Å². The molecule has 5 nitrogen and oxygen atoms in total. The number of fused-ring (bicyclic) bond motifs is 1. The first kappa shape index (κ1) is 20.5. The van der Waals surface area contributed by atoms with Gasteiger partial charge in [0.1, 0.15) is 5.52 Å². The van der Waals surface area contributed by atoms with Gasteiger partial charge in [-0.3, -0.25) is 10.1 Å². The van der Waals surface area contributed by atoms with Crippen LogP contribution in [0.15, 0.2) is 77.2 Å². The average molecular weight is 428 g/mol. The van der Waals surface area contributed by atoms with Gasteiger partial charge in [-0.05, 0) is 79.2 Å². The predicted octanol–water partition coefficient (Wildman–Crippen LogP) is 5.64. The Hall–Kier alpha value is -3.77. The fraction of sp³-hybridized carbons (Fsp3) is 0.0800. The summed E-state index contributed by atoms with van der Waals surface area (Å²) in [5, 5.41) is 5.86. The van der Waals surface area contributed by atoms with Crippen LogP contribution in [0.3, 0.4) is 0 Å². The number of oxazole rings is 1. The van der Waals surface area contributed by atoms with Crippen molar-refractivity contribution in [2.75, 3.05) is 5.32 Å². The molecule has 0 unspecified atom stereocenters. The summed E-state index contributed by atoms with van der Waals surface area (Å²) in [6, 6.07) is 21.2. The lowest BCUT2D eigenvalue weighted by Gasteiger charge is -2.07. The van der Waals surface area contributed by atoms with E-state index < -0.39 is 0 Å². The predicted molar refractivity (Wildman–Crippen MR) is 129 cm³/mol. The molecule has 31 heavy (non-hydrogen) atoms. The van der Waals surface area contributed by atoms with Crippen molar-refractivity contribution in [1.29, 1.82) is 0 Å². The Labute approximate surface area is 185 Å². The van der Waals surface area contributed by atoms with E-state index in [1.165, 1.54) is 17.2 Å². The van der Waals surface area contributed by atoms with Crippen LogP contribution in [0, 0.1) is 13.8 Å². The van der Waals surface area contributed by atoms with Gasteiger partial charge < -0.3 is 9.73 Å². The molecule has 0 saturated heterocycles. The summed E-state index contributed by atoms with van der Waals surface area (Å²) in [5.41, 5.74) is 6.38. The molecule has 4 rings (SSSR count). The van der Waals surface area contributed by atoms with Crippen molar-refractivity contribution in [3.8, 4) is 11.5 Å². The Balaban J connectivity index is 1.43. The fourth-order valence-corrected chi connectivity index (χ4v) is 3.27. The van der Waals surface area contributed by atoms with Crippen molar-refractivity contribution in [3.63, 3.8) is 0 Å². The summed E-state index contributed by atoms with van der Waals surface area (Å²) in [7, 11) is 0. The third kappa shape index (κ3) is 5.05. The number of rotatable bonds is 4. The lowest BCUT2D eigenvalue weighted by atomic mass is 10.1. The minimum absolute atomic E-state index is 0.208. The van der Waals surface area contributed by atoms with Crippen molar-refractivity contribution >= 4 is 46.1 Å². The maximum atomic E-state index is 12.1. The molecule has 0 spiro atoms. The molecule has 0 aliphatic rings. The highest BCUT2D eigenvalue weighted by atomic mass is 32.1. The highest BCUT2D eigenvalue weighted by Gasteiger charge is 2.10. The molecule has 154 valence electrons. The Morgan fingerprint density at radius 1 is 1.00 bits per heavy atom. The second kappa shape index (κ2) is 8.93. The molecule has 0 atom stereocenters. The van der Waals surface area contributed by atoms with E-state index in [0.717, 1.165) is 11.1 Å². The van der Waals surface area contributed by atoms with E-state index in [1.54, 1.807) is 6.08 Å². The van der Waals surface area contributed by atoms with Crippen molar-refractivity contribution in [3.05, 3.63) is 89.5 Å². The zero-order chi connectivity index (χ0) is 21.8. The van der Waals surface area contributed by atoms with Crippen molar-refractivity contribution < 1.29 is 9.21 Å². The molecule has 0 radical (unpaired) electrons. The third-order valence-electron chi connectivity index (χ3n) is 4.86. The molecule has 0 bridgehead atoms. The smallest absolute Gasteiger partial charge is 0.250 e. The molecule has 0 saturated carbocycles. The summed E-state index contributed by atoms with van der Waals surface area (Å²) in [6.45, 7) is 4.13. The van der Waals surface area contributed by atoms with Crippen LogP contribution >= 0.6 is 12.2 Å². The summed E-state index contributed by atoms with van der Waals surface area (Å²) in [5.74, 6) is 0.262. The van der Waals surface area contributed by atoms with Crippen LogP contribution in [-0.4, -0.2) is 16.0 Å². The number of aryl methyl sites for hydroxylation is 2. The van der Waals surface area contributed by atoms with E-state index in [1.807, 2.05) is 54.6 Å². The van der Waals surface area contributed by atoms with Gasteiger partial charge >= 0.3 is 0 Å². The van der Waals surface area contributed by atoms with E-state index in [-0.39, 0.29) is 11.0 Å². The first-order chi connectivity index (χ1) is 15.0. The normalized spacial score (nSPS) is 11.0. The largest absolute Gasteiger partial charge is 0.436 e. The summed E-state index contributed by atoms with van der Waals surface area (Å²) in [6.07, 6.45) is 3.17. The number of carbonyl (C=O) groups is 1. The second-order valence-electron chi connectivity index (χ2n) is 7.19. The van der Waals surface area contributed by atoms with Crippen LogP contribution in [0.25, 0.3) is 28.6 Å². The molecule has 0 fully saturated rings. The van der Waals surface area contributed by atoms with Gasteiger partial charge in [0.25, 0.3) is 0 Å². The van der Waals surface area contributed by atoms with Crippen molar-refractivity contribution in [1.82, 2.24) is 10.3 Å². The van der Waals surface area contributed by atoms with Crippen LogP contribution in [0.4, 0.5) is 5.69 Å². The van der Waals surface area contributed by atoms with Crippen LogP contribution in [0.5, 0.6) is 0 Å². The molecule has 2 N–H and O–H groups in total. The number of anilines is 1. The van der Waals surface area contributed by atoms with Gasteiger partial charge in [0.05, 0.1) is 0 Å². The van der Waals surface area contributed by atoms with Gasteiger partial charge in [-0.1, -0.05) is 36.4 Å². The van der Waals surface area contributed by atoms with E-state index >= 15 is 0 Å². The molecule has 3 aromatic carbocycles. The number of hydrogen-bond acceptors (Lipinski definition) is 4. The molecule has 1 aromatic heterocycles. The Morgan fingerprint density at radius 2 is 1.81 bits per heavy atom. The quantitative estimate of drug-likeness (QED) is 0.326.